The van der Waals surface area contributed by atoms with Crippen LogP contribution in [0.15, 0.2) is 0 Å². The van der Waals surface area contributed by atoms with Crippen LogP contribution in [0, 0.1) is 0 Å². The van der Waals surface area contributed by atoms with Crippen LogP contribution in [-0.4, -0.2) is 9.79 Å². The Morgan fingerprint density at radius 3 is 2.00 bits per heavy atom. The van der Waals surface area contributed by atoms with Crippen LogP contribution in [-0.2, 0) is 8.88 Å². The number of phosphoric acid groups is 1. The molecule has 0 aromatic rings. The van der Waals surface area contributed by atoms with Crippen LogP contribution in [0.2, 0.25) is 0 Å². The summed E-state index contributed by atoms with van der Waals surface area (Å²) in [5, 5.41) is 0. The summed E-state index contributed by atoms with van der Waals surface area (Å²) < 4.78 is 13.0. The van der Waals surface area contributed by atoms with Gasteiger partial charge in [0.1, 0.15) is 0 Å². The Balaban J connectivity index is -0.0000000208. The molecule has 0 radical (unpaired) electrons. The molecule has 4 nitrogen and oxygen atoms in total. The zero-order valence-corrected chi connectivity index (χ0v) is 7.78. The van der Waals surface area contributed by atoms with E-state index in [0.29, 0.717) is 0 Å². The van der Waals surface area contributed by atoms with E-state index >= 15 is 0 Å². The molecule has 7 heteroatoms. The monoisotopic (exact) mass is 156 g/mol. The van der Waals surface area contributed by atoms with Crippen LogP contribution in [0.1, 0.15) is 4.28 Å². The predicted octanol–water partition coefficient (Wildman–Crippen LogP) is -2.77. The average Bonchev–Trinajstić information content (AvgIpc) is 1.35. The minimum Gasteiger partial charge on any atom is -1.00 e. The van der Waals surface area contributed by atoms with Crippen LogP contribution < -0.4 is 29.6 Å². The first-order valence-electron chi connectivity index (χ1n) is 1.00. The second-order valence-corrected chi connectivity index (χ2v) is 2.42. The van der Waals surface area contributed by atoms with Crippen molar-refractivity contribution in [2.75, 3.05) is 0 Å². The van der Waals surface area contributed by atoms with Gasteiger partial charge in [0.05, 0.1) is 0 Å². The van der Waals surface area contributed by atoms with E-state index in [2.05, 4.69) is 4.31 Å². The summed E-state index contributed by atoms with van der Waals surface area (Å²) in [5.74, 6) is 0. The van der Waals surface area contributed by atoms with E-state index in [9.17, 15) is 4.57 Å². The topological polar surface area (TPSA) is 66.8 Å². The van der Waals surface area contributed by atoms with Gasteiger partial charge in [0.2, 0.25) is 0 Å². The van der Waals surface area contributed by atoms with Gasteiger partial charge >= 0.3 is 40.2 Å². The van der Waals surface area contributed by atoms with Gasteiger partial charge in [-0.25, -0.2) is 4.57 Å². The molecule has 0 saturated carbocycles. The maximum atomic E-state index is 9.45. The summed E-state index contributed by atoms with van der Waals surface area (Å²) in [6.45, 7) is 0. The molecule has 0 spiro atoms. The molecule has 2 N–H and O–H groups in total. The molecule has 0 aliphatic rings. The van der Waals surface area contributed by atoms with Gasteiger partial charge in [-0.15, -0.1) is 0 Å². The minimum absolute atomic E-state index is 0. The zero-order valence-electron chi connectivity index (χ0n) is 6.74. The van der Waals surface area contributed by atoms with E-state index in [1.54, 1.807) is 0 Å². The molecule has 0 fully saturated rings. The van der Waals surface area contributed by atoms with Gasteiger partial charge in [-0.3, -0.25) is 4.31 Å². The van der Waals surface area contributed by atoms with E-state index in [1.165, 1.54) is 9.47 Å². The Labute approximate surface area is 69.9 Å². The molecule has 0 heterocycles. The summed E-state index contributed by atoms with van der Waals surface area (Å²) in [4.78, 5) is 15.4. The number of rotatable bonds is 1. The van der Waals surface area contributed by atoms with Crippen molar-refractivity contribution in [1.29, 1.82) is 0 Å². The van der Waals surface area contributed by atoms with Crippen LogP contribution >= 0.6 is 17.3 Å². The second-order valence-electron chi connectivity index (χ2n) is 0.596. The molecule has 0 aromatic heterocycles. The molecule has 0 aromatic carbocycles. The molecular weight excluding hydrogens is 149 g/mol. The van der Waals surface area contributed by atoms with Crippen molar-refractivity contribution >= 4 is 17.3 Å². The van der Waals surface area contributed by atoms with Crippen molar-refractivity contribution in [2.24, 2.45) is 0 Å². The Kier molecular flexibility index (Phi) is 7.17. The molecule has 7 heavy (non-hydrogen) atoms. The summed E-state index contributed by atoms with van der Waals surface area (Å²) >= 11 is 0. The van der Waals surface area contributed by atoms with Crippen molar-refractivity contribution in [3.63, 3.8) is 0 Å². The third-order valence-corrected chi connectivity index (χ3v) is 1.24. The largest absolute Gasteiger partial charge is 1.00 e. The Morgan fingerprint density at radius 2 is 2.00 bits per heavy atom. The van der Waals surface area contributed by atoms with E-state index in [0.717, 1.165) is 0 Å². The van der Waals surface area contributed by atoms with Gasteiger partial charge in [-0.2, -0.15) is 0 Å². The van der Waals surface area contributed by atoms with E-state index in [4.69, 9.17) is 9.79 Å². The standard InChI is InChI=1S/Na.H4O4P2.H/c;1-6(2,3)4-5;/h;5H2,(H2,1,2,3);/q+1;;-1/p+2. The quantitative estimate of drug-likeness (QED) is 0.318. The molecule has 0 aliphatic carbocycles. The van der Waals surface area contributed by atoms with Crippen LogP contribution in [0.5, 0.6) is 0 Å². The number of hydrogen-bond donors (Lipinski definition) is 2. The van der Waals surface area contributed by atoms with Gasteiger partial charge in [0.25, 0.3) is 0 Å². The van der Waals surface area contributed by atoms with Crippen LogP contribution in [0.4, 0.5) is 0 Å². The van der Waals surface area contributed by atoms with Crippen molar-refractivity contribution in [1.82, 2.24) is 0 Å². The summed E-state index contributed by atoms with van der Waals surface area (Å²) in [5.41, 5.74) is 0. The van der Waals surface area contributed by atoms with Crippen LogP contribution in [0.25, 0.3) is 0 Å². The average molecular weight is 156 g/mol. The summed E-state index contributed by atoms with van der Waals surface area (Å²) in [6.07, 6.45) is 0. The van der Waals surface area contributed by atoms with Crippen molar-refractivity contribution in [3.8, 4) is 0 Å². The smallest absolute Gasteiger partial charge is 1.00 e. The fraction of sp³-hybridized carbons (Fsp3) is 0. The van der Waals surface area contributed by atoms with Gasteiger partial charge < -0.3 is 11.2 Å². The summed E-state index contributed by atoms with van der Waals surface area (Å²) in [6, 6.07) is 0. The Morgan fingerprint density at radius 1 is 1.86 bits per heavy atom. The second kappa shape index (κ2) is 4.42. The van der Waals surface area contributed by atoms with Gasteiger partial charge in [0.15, 0.2) is 0 Å². The van der Waals surface area contributed by atoms with Gasteiger partial charge in [0, 0.05) is 9.47 Å². The Bertz CT molecular complexity index is 82.6. The molecule has 0 aliphatic heterocycles. The third-order valence-electron chi connectivity index (χ3n) is 0.137. The zero-order chi connectivity index (χ0) is 5.21. The molecular formula is H7NaO4P2+2. The van der Waals surface area contributed by atoms with Gasteiger partial charge in [-0.05, 0) is 0 Å². The van der Waals surface area contributed by atoms with Crippen molar-refractivity contribution in [2.45, 2.75) is 0 Å². The van der Waals surface area contributed by atoms with E-state index < -0.39 is 7.82 Å². The third kappa shape index (κ3) is 11.2. The molecule has 0 saturated heterocycles. The first-order chi connectivity index (χ1) is 2.56. The molecule has 1 unspecified atom stereocenters. The first kappa shape index (κ1) is 11.4. The van der Waals surface area contributed by atoms with E-state index in [1.807, 2.05) is 0 Å². The molecule has 40 valence electrons. The van der Waals surface area contributed by atoms with E-state index in [-0.39, 0.29) is 33.8 Å². The SMILES string of the molecule is O=P(O)(O)OP.[H+].[H+].[H-].[Na+]. The Hall–Kier alpha value is 1.54. The van der Waals surface area contributed by atoms with Gasteiger partial charge in [-0.1, -0.05) is 0 Å². The minimum atomic E-state index is -4.18. The number of hydrogen-bond acceptors (Lipinski definition) is 2. The van der Waals surface area contributed by atoms with Crippen LogP contribution in [0.3, 0.4) is 0 Å². The molecule has 1 atom stereocenters. The normalized spacial score (nSPS) is 10.1. The fourth-order valence-electron chi connectivity index (χ4n) is 0. The maximum Gasteiger partial charge on any atom is 1.00 e. The molecule has 0 bridgehead atoms. The molecule has 0 amide bonds. The maximum absolute atomic E-state index is 9.45. The van der Waals surface area contributed by atoms with Crippen molar-refractivity contribution < 1.29 is 52.5 Å². The first-order valence-corrected chi connectivity index (χ1v) is 3.00. The molecule has 0 rings (SSSR count). The summed E-state index contributed by atoms with van der Waals surface area (Å²) in [7, 11) is -2.72. The predicted molar refractivity (Wildman–Crippen MR) is 26.2 cm³/mol. The van der Waals surface area contributed by atoms with Crippen molar-refractivity contribution in [3.05, 3.63) is 0 Å². The fourth-order valence-corrected chi connectivity index (χ4v) is 0.